The summed E-state index contributed by atoms with van der Waals surface area (Å²) in [5, 5.41) is 0. The van der Waals surface area contributed by atoms with Crippen LogP contribution in [0.1, 0.15) is 6.92 Å². The Balaban J connectivity index is 3.52. The molecule has 0 aromatic rings. The summed E-state index contributed by atoms with van der Waals surface area (Å²) in [5.41, 5.74) is 0. The van der Waals surface area contributed by atoms with Gasteiger partial charge >= 0.3 is 0 Å². The number of nitrogens with zero attached hydrogens (tertiary/aromatic N) is 1. The van der Waals surface area contributed by atoms with Crippen LogP contribution in [0.25, 0.3) is 0 Å². The number of carbonyl (C=O) groups is 1. The molecule has 0 unspecified atom stereocenters. The molecule has 0 N–H and O–H groups in total. The fourth-order valence-electron chi connectivity index (χ4n) is 0.332. The minimum Gasteiger partial charge on any atom is -0.273 e. The largest absolute Gasteiger partial charge is 0.273 e. The van der Waals surface area contributed by atoms with E-state index in [2.05, 4.69) is 0 Å². The molecule has 0 bridgehead atoms. The summed E-state index contributed by atoms with van der Waals surface area (Å²) >= 11 is 2.85. The van der Waals surface area contributed by atoms with Crippen molar-refractivity contribution in [1.82, 2.24) is 3.71 Å². The molecule has 0 heterocycles. The second-order valence-corrected chi connectivity index (χ2v) is 2.83. The van der Waals surface area contributed by atoms with Gasteiger partial charge in [-0.25, -0.2) is 3.71 Å². The van der Waals surface area contributed by atoms with Gasteiger partial charge in [0.05, 0.1) is 0 Å². The molecule has 0 spiro atoms. The van der Waals surface area contributed by atoms with E-state index in [9.17, 15) is 4.79 Å². The third-order valence-corrected chi connectivity index (χ3v) is 2.66. The van der Waals surface area contributed by atoms with Crippen molar-refractivity contribution in [2.24, 2.45) is 0 Å². The van der Waals surface area contributed by atoms with Crippen LogP contribution in [-0.4, -0.2) is 22.1 Å². The fourth-order valence-corrected chi connectivity index (χ4v) is 1.44. The summed E-state index contributed by atoms with van der Waals surface area (Å²) < 4.78 is 1.61. The van der Waals surface area contributed by atoms with E-state index in [1.54, 1.807) is 10.6 Å². The Hall–Kier alpha value is 0.170. The molecule has 8 heavy (non-hydrogen) atoms. The van der Waals surface area contributed by atoms with E-state index in [1.807, 2.05) is 12.5 Å². The van der Waals surface area contributed by atoms with Gasteiger partial charge in [-0.2, -0.15) is 0 Å². The molecule has 2 nitrogen and oxygen atoms in total. The zero-order chi connectivity index (χ0) is 6.57. The van der Waals surface area contributed by atoms with E-state index in [4.69, 9.17) is 0 Å². The highest BCUT2D eigenvalue weighted by Gasteiger charge is 2.01. The van der Waals surface area contributed by atoms with Crippen molar-refractivity contribution in [3.63, 3.8) is 0 Å². The van der Waals surface area contributed by atoms with Crippen molar-refractivity contribution in [2.75, 3.05) is 12.5 Å². The van der Waals surface area contributed by atoms with Gasteiger partial charge in [0.25, 0.3) is 0 Å². The molecule has 0 aliphatic heterocycles. The SMILES string of the molecule is CSN(SC)C(C)=O. The number of hydrogen-bond acceptors (Lipinski definition) is 3. The number of carbonyl (C=O) groups excluding carboxylic acids is 1. The van der Waals surface area contributed by atoms with Crippen molar-refractivity contribution in [3.8, 4) is 0 Å². The lowest BCUT2D eigenvalue weighted by Gasteiger charge is -2.11. The van der Waals surface area contributed by atoms with Crippen LogP contribution < -0.4 is 0 Å². The predicted molar refractivity (Wildman–Crippen MR) is 39.6 cm³/mol. The topological polar surface area (TPSA) is 20.3 Å². The maximum atomic E-state index is 10.5. The lowest BCUT2D eigenvalue weighted by Crippen LogP contribution is -2.10. The first kappa shape index (κ1) is 8.17. The van der Waals surface area contributed by atoms with Crippen LogP contribution in [0.2, 0.25) is 0 Å². The fraction of sp³-hybridized carbons (Fsp3) is 0.750. The molecule has 0 saturated carbocycles. The normalized spacial score (nSPS) is 8.88. The predicted octanol–water partition coefficient (Wildman–Crippen LogP) is 1.39. The molecule has 1 amide bonds. The number of amides is 1. The molecular weight excluding hydrogens is 142 g/mol. The van der Waals surface area contributed by atoms with Gasteiger partial charge in [0.1, 0.15) is 0 Å². The summed E-state index contributed by atoms with van der Waals surface area (Å²) in [7, 11) is 0. The Labute approximate surface area is 58.3 Å². The Morgan fingerprint density at radius 3 is 1.75 bits per heavy atom. The molecule has 48 valence electrons. The third-order valence-electron chi connectivity index (χ3n) is 0.589. The van der Waals surface area contributed by atoms with Crippen LogP contribution >= 0.6 is 23.9 Å². The highest BCUT2D eigenvalue weighted by molar-refractivity contribution is 8.12. The molecule has 4 heteroatoms. The van der Waals surface area contributed by atoms with Crippen LogP contribution in [0.5, 0.6) is 0 Å². The second kappa shape index (κ2) is 4.09. The van der Waals surface area contributed by atoms with Gasteiger partial charge < -0.3 is 0 Å². The molecule has 0 saturated heterocycles. The molecule has 0 aromatic carbocycles. The van der Waals surface area contributed by atoms with E-state index in [1.165, 1.54) is 23.9 Å². The summed E-state index contributed by atoms with van der Waals surface area (Å²) in [6, 6.07) is 0. The highest BCUT2D eigenvalue weighted by atomic mass is 32.2. The van der Waals surface area contributed by atoms with Crippen LogP contribution in [-0.2, 0) is 4.79 Å². The maximum Gasteiger partial charge on any atom is 0.239 e. The zero-order valence-electron chi connectivity index (χ0n) is 5.17. The van der Waals surface area contributed by atoms with Crippen molar-refractivity contribution >= 4 is 29.8 Å². The molecule has 0 aliphatic carbocycles. The lowest BCUT2D eigenvalue weighted by molar-refractivity contribution is -0.120. The third kappa shape index (κ3) is 2.47. The zero-order valence-corrected chi connectivity index (χ0v) is 6.80. The van der Waals surface area contributed by atoms with Gasteiger partial charge in [-0.3, -0.25) is 4.79 Å². The van der Waals surface area contributed by atoms with Crippen LogP contribution in [0, 0.1) is 0 Å². The monoisotopic (exact) mass is 151 g/mol. The molecular formula is C4H9NOS2. The Morgan fingerprint density at radius 1 is 1.38 bits per heavy atom. The summed E-state index contributed by atoms with van der Waals surface area (Å²) in [5.74, 6) is 0.0880. The smallest absolute Gasteiger partial charge is 0.239 e. The Morgan fingerprint density at radius 2 is 1.75 bits per heavy atom. The van der Waals surface area contributed by atoms with Crippen LogP contribution in [0.3, 0.4) is 0 Å². The highest BCUT2D eigenvalue weighted by Crippen LogP contribution is 2.15. The van der Waals surface area contributed by atoms with Gasteiger partial charge in [0.15, 0.2) is 0 Å². The molecule has 0 fully saturated rings. The molecule has 0 aliphatic rings. The standard InChI is InChI=1S/C4H9NOS2/c1-4(6)5(7-2)8-3/h1-3H3. The minimum atomic E-state index is 0.0880. The van der Waals surface area contributed by atoms with Crippen LogP contribution in [0.15, 0.2) is 0 Å². The molecule has 0 radical (unpaired) electrons. The van der Waals surface area contributed by atoms with E-state index in [0.29, 0.717) is 0 Å². The van der Waals surface area contributed by atoms with Crippen molar-refractivity contribution < 1.29 is 4.79 Å². The van der Waals surface area contributed by atoms with Crippen molar-refractivity contribution in [3.05, 3.63) is 0 Å². The van der Waals surface area contributed by atoms with Crippen molar-refractivity contribution in [2.45, 2.75) is 6.92 Å². The molecule has 0 atom stereocenters. The van der Waals surface area contributed by atoms with Gasteiger partial charge in [0, 0.05) is 19.4 Å². The van der Waals surface area contributed by atoms with Gasteiger partial charge in [0.2, 0.25) is 5.91 Å². The van der Waals surface area contributed by atoms with E-state index in [0.717, 1.165) is 0 Å². The molecule has 0 rings (SSSR count). The lowest BCUT2D eigenvalue weighted by atomic mass is 10.8. The summed E-state index contributed by atoms with van der Waals surface area (Å²) in [4.78, 5) is 10.5. The van der Waals surface area contributed by atoms with Crippen LogP contribution in [0.4, 0.5) is 0 Å². The Bertz CT molecular complexity index is 82.1. The average molecular weight is 151 g/mol. The first-order valence-corrected chi connectivity index (χ1v) is 4.47. The first-order valence-electron chi connectivity index (χ1n) is 2.11. The quantitative estimate of drug-likeness (QED) is 0.556. The van der Waals surface area contributed by atoms with E-state index >= 15 is 0 Å². The van der Waals surface area contributed by atoms with Gasteiger partial charge in [-0.1, -0.05) is 0 Å². The number of rotatable bonds is 2. The van der Waals surface area contributed by atoms with E-state index < -0.39 is 0 Å². The minimum absolute atomic E-state index is 0.0880. The summed E-state index contributed by atoms with van der Waals surface area (Å²) in [6.07, 6.45) is 3.75. The first-order chi connectivity index (χ1) is 3.72. The van der Waals surface area contributed by atoms with Gasteiger partial charge in [-0.15, -0.1) is 0 Å². The van der Waals surface area contributed by atoms with Crippen molar-refractivity contribution in [1.29, 1.82) is 0 Å². The summed E-state index contributed by atoms with van der Waals surface area (Å²) in [6.45, 7) is 1.55. The Kier molecular flexibility index (Phi) is 4.18. The second-order valence-electron chi connectivity index (χ2n) is 1.14. The average Bonchev–Trinajstić information content (AvgIpc) is 1.69. The maximum absolute atomic E-state index is 10.5. The number of hydrogen-bond donors (Lipinski definition) is 0. The molecule has 0 aromatic heterocycles. The van der Waals surface area contributed by atoms with E-state index in [-0.39, 0.29) is 5.91 Å². The van der Waals surface area contributed by atoms with Gasteiger partial charge in [-0.05, 0) is 23.9 Å².